The zero-order valence-corrected chi connectivity index (χ0v) is 15.0. The summed E-state index contributed by atoms with van der Waals surface area (Å²) in [5.74, 6) is -1.07. The Labute approximate surface area is 147 Å². The average molecular weight is 360 g/mol. The number of ketones is 1. The predicted octanol–water partition coefficient (Wildman–Crippen LogP) is 2.97. The van der Waals surface area contributed by atoms with Crippen LogP contribution in [0.2, 0.25) is 0 Å². The van der Waals surface area contributed by atoms with E-state index in [9.17, 15) is 18.0 Å². The summed E-state index contributed by atoms with van der Waals surface area (Å²) >= 11 is 0. The normalized spacial score (nSPS) is 12.4. The number of methoxy groups -OCH3 is 1. The van der Waals surface area contributed by atoms with Gasteiger partial charge in [-0.25, -0.2) is 8.42 Å². The lowest BCUT2D eigenvalue weighted by molar-refractivity contribution is -0.140. The third-order valence-corrected chi connectivity index (χ3v) is 6.04. The standard InChI is InChI=1S/C19H20O5S/c1-14-8-10-16(11-9-14)25(22,23)17(12-13-18(20)24-2)19(21)15-6-4-3-5-7-15/h3-11,17H,12-13H2,1-2H3. The van der Waals surface area contributed by atoms with E-state index in [1.165, 1.54) is 19.2 Å². The summed E-state index contributed by atoms with van der Waals surface area (Å²) < 4.78 is 30.5. The van der Waals surface area contributed by atoms with E-state index in [-0.39, 0.29) is 17.7 Å². The first-order chi connectivity index (χ1) is 11.9. The van der Waals surface area contributed by atoms with Gasteiger partial charge in [-0.3, -0.25) is 9.59 Å². The van der Waals surface area contributed by atoms with Gasteiger partial charge >= 0.3 is 5.97 Å². The summed E-state index contributed by atoms with van der Waals surface area (Å²) in [6, 6.07) is 14.5. The molecule has 2 aromatic rings. The van der Waals surface area contributed by atoms with Crippen molar-refractivity contribution in [2.45, 2.75) is 29.9 Å². The van der Waals surface area contributed by atoms with Gasteiger partial charge in [0.25, 0.3) is 0 Å². The van der Waals surface area contributed by atoms with Gasteiger partial charge in [-0.05, 0) is 25.5 Å². The molecule has 0 aromatic heterocycles. The van der Waals surface area contributed by atoms with E-state index in [0.29, 0.717) is 5.56 Å². The van der Waals surface area contributed by atoms with Crippen molar-refractivity contribution in [2.24, 2.45) is 0 Å². The Morgan fingerprint density at radius 2 is 1.60 bits per heavy atom. The zero-order valence-electron chi connectivity index (χ0n) is 14.1. The van der Waals surface area contributed by atoms with Crippen molar-refractivity contribution in [3.63, 3.8) is 0 Å². The molecule has 0 aliphatic rings. The third kappa shape index (κ3) is 4.54. The minimum absolute atomic E-state index is 0.0669. The van der Waals surface area contributed by atoms with E-state index >= 15 is 0 Å². The van der Waals surface area contributed by atoms with Crippen molar-refractivity contribution in [1.82, 2.24) is 0 Å². The Morgan fingerprint density at radius 3 is 2.16 bits per heavy atom. The van der Waals surface area contributed by atoms with Crippen LogP contribution < -0.4 is 0 Å². The van der Waals surface area contributed by atoms with Crippen LogP contribution in [0.15, 0.2) is 59.5 Å². The van der Waals surface area contributed by atoms with Gasteiger partial charge in [0, 0.05) is 12.0 Å². The van der Waals surface area contributed by atoms with Crippen molar-refractivity contribution < 1.29 is 22.7 Å². The maximum atomic E-state index is 13.0. The van der Waals surface area contributed by atoms with E-state index in [1.807, 2.05) is 6.92 Å². The van der Waals surface area contributed by atoms with Gasteiger partial charge in [0.2, 0.25) is 0 Å². The lowest BCUT2D eigenvalue weighted by Crippen LogP contribution is -2.31. The summed E-state index contributed by atoms with van der Waals surface area (Å²) in [6.07, 6.45) is -0.276. The van der Waals surface area contributed by atoms with Crippen molar-refractivity contribution in [3.8, 4) is 0 Å². The number of Topliss-reactive ketones (excluding diaryl/α,β-unsaturated/α-hetero) is 1. The fourth-order valence-corrected chi connectivity index (χ4v) is 4.15. The lowest BCUT2D eigenvalue weighted by atomic mass is 10.1. The number of benzene rings is 2. The highest BCUT2D eigenvalue weighted by Crippen LogP contribution is 2.23. The quantitative estimate of drug-likeness (QED) is 0.560. The molecule has 2 rings (SSSR count). The number of sulfone groups is 1. The molecule has 0 spiro atoms. The Kier molecular flexibility index (Phi) is 6.09. The molecule has 0 saturated heterocycles. The lowest BCUT2D eigenvalue weighted by Gasteiger charge is -2.17. The molecule has 0 fully saturated rings. The van der Waals surface area contributed by atoms with Gasteiger partial charge in [0.05, 0.1) is 12.0 Å². The molecule has 0 aliphatic heterocycles. The monoisotopic (exact) mass is 360 g/mol. The number of ether oxygens (including phenoxy) is 1. The van der Waals surface area contributed by atoms with E-state index < -0.39 is 26.8 Å². The third-order valence-electron chi connectivity index (χ3n) is 3.91. The summed E-state index contributed by atoms with van der Waals surface area (Å²) in [6.45, 7) is 1.85. The topological polar surface area (TPSA) is 77.5 Å². The molecular weight excluding hydrogens is 340 g/mol. The first-order valence-electron chi connectivity index (χ1n) is 7.83. The molecular formula is C19H20O5S. The van der Waals surface area contributed by atoms with Crippen LogP contribution in [-0.2, 0) is 19.4 Å². The first-order valence-corrected chi connectivity index (χ1v) is 9.37. The second-order valence-electron chi connectivity index (χ2n) is 5.69. The molecule has 0 bridgehead atoms. The van der Waals surface area contributed by atoms with E-state index in [2.05, 4.69) is 4.74 Å². The molecule has 0 saturated carbocycles. The minimum Gasteiger partial charge on any atom is -0.469 e. The average Bonchev–Trinajstić information content (AvgIpc) is 2.62. The Balaban J connectivity index is 2.41. The van der Waals surface area contributed by atoms with Crippen LogP contribution in [0.25, 0.3) is 0 Å². The van der Waals surface area contributed by atoms with Crippen molar-refractivity contribution in [1.29, 1.82) is 0 Å². The van der Waals surface area contributed by atoms with Crippen molar-refractivity contribution in [3.05, 3.63) is 65.7 Å². The molecule has 0 N–H and O–H groups in total. The summed E-state index contributed by atoms with van der Waals surface area (Å²) in [5, 5.41) is -1.34. The maximum Gasteiger partial charge on any atom is 0.305 e. The molecule has 0 heterocycles. The number of carbonyl (C=O) groups excluding carboxylic acids is 2. The zero-order chi connectivity index (χ0) is 18.4. The number of esters is 1. The van der Waals surface area contributed by atoms with Gasteiger partial charge in [0.15, 0.2) is 15.6 Å². The second kappa shape index (κ2) is 8.07. The van der Waals surface area contributed by atoms with Gasteiger partial charge in [-0.2, -0.15) is 0 Å². The van der Waals surface area contributed by atoms with E-state index in [1.54, 1.807) is 42.5 Å². The fourth-order valence-electron chi connectivity index (χ4n) is 2.46. The molecule has 0 radical (unpaired) electrons. The van der Waals surface area contributed by atoms with Crippen LogP contribution in [-0.4, -0.2) is 32.5 Å². The largest absolute Gasteiger partial charge is 0.469 e. The predicted molar refractivity (Wildman–Crippen MR) is 94.2 cm³/mol. The van der Waals surface area contributed by atoms with Crippen LogP contribution >= 0.6 is 0 Å². The van der Waals surface area contributed by atoms with Crippen molar-refractivity contribution in [2.75, 3.05) is 7.11 Å². The van der Waals surface area contributed by atoms with Crippen molar-refractivity contribution >= 4 is 21.6 Å². The molecule has 1 unspecified atom stereocenters. The molecule has 132 valence electrons. The number of rotatable bonds is 7. The molecule has 2 aromatic carbocycles. The van der Waals surface area contributed by atoms with Gasteiger partial charge in [-0.15, -0.1) is 0 Å². The SMILES string of the molecule is COC(=O)CCC(C(=O)c1ccccc1)S(=O)(=O)c1ccc(C)cc1. The van der Waals surface area contributed by atoms with Crippen LogP contribution in [0.4, 0.5) is 0 Å². The highest BCUT2D eigenvalue weighted by Gasteiger charge is 2.34. The number of hydrogen-bond donors (Lipinski definition) is 0. The second-order valence-corrected chi connectivity index (χ2v) is 7.82. The molecule has 5 nitrogen and oxygen atoms in total. The van der Waals surface area contributed by atoms with Gasteiger partial charge in [0.1, 0.15) is 5.25 Å². The van der Waals surface area contributed by atoms with Crippen LogP contribution in [0.3, 0.4) is 0 Å². The summed E-state index contributed by atoms with van der Waals surface area (Å²) in [4.78, 5) is 24.3. The summed E-state index contributed by atoms with van der Waals surface area (Å²) in [5.41, 5.74) is 1.22. The first kappa shape index (κ1) is 18.9. The Morgan fingerprint density at radius 1 is 1.00 bits per heavy atom. The smallest absolute Gasteiger partial charge is 0.305 e. The Hall–Kier alpha value is -2.47. The minimum atomic E-state index is -3.93. The fraction of sp³-hybridized carbons (Fsp3) is 0.263. The Bertz CT molecular complexity index is 839. The van der Waals surface area contributed by atoms with Crippen LogP contribution in [0, 0.1) is 6.92 Å². The summed E-state index contributed by atoms with van der Waals surface area (Å²) in [7, 11) is -2.70. The molecule has 1 atom stereocenters. The molecule has 0 aliphatic carbocycles. The highest BCUT2D eigenvalue weighted by molar-refractivity contribution is 7.92. The number of aryl methyl sites for hydroxylation is 1. The highest BCUT2D eigenvalue weighted by atomic mass is 32.2. The van der Waals surface area contributed by atoms with Crippen LogP contribution in [0.1, 0.15) is 28.8 Å². The van der Waals surface area contributed by atoms with Gasteiger partial charge < -0.3 is 4.74 Å². The van der Waals surface area contributed by atoms with Gasteiger partial charge in [-0.1, -0.05) is 48.0 Å². The van der Waals surface area contributed by atoms with E-state index in [0.717, 1.165) is 5.56 Å². The molecule has 25 heavy (non-hydrogen) atoms. The maximum absolute atomic E-state index is 13.0. The number of hydrogen-bond acceptors (Lipinski definition) is 5. The molecule has 0 amide bonds. The molecule has 6 heteroatoms. The number of carbonyl (C=O) groups is 2. The van der Waals surface area contributed by atoms with E-state index in [4.69, 9.17) is 0 Å². The van der Waals surface area contributed by atoms with Crippen LogP contribution in [0.5, 0.6) is 0 Å².